The number of carbonyl (C=O) groups excluding carboxylic acids is 1. The lowest BCUT2D eigenvalue weighted by Crippen LogP contribution is -2.28. The van der Waals surface area contributed by atoms with Crippen molar-refractivity contribution < 1.29 is 9.53 Å². The van der Waals surface area contributed by atoms with Crippen LogP contribution in [-0.2, 0) is 17.8 Å². The molecular formula is C26H26N2O2. The molecule has 0 aliphatic heterocycles. The van der Waals surface area contributed by atoms with E-state index in [1.165, 1.54) is 0 Å². The predicted molar refractivity (Wildman–Crippen MR) is 121 cm³/mol. The number of hydrogen-bond acceptors (Lipinski definition) is 2. The number of carbonyl (C=O) groups is 1. The highest BCUT2D eigenvalue weighted by molar-refractivity contribution is 5.91. The fourth-order valence-corrected chi connectivity index (χ4v) is 3.70. The number of aromatic amines is 1. The van der Waals surface area contributed by atoms with E-state index in [2.05, 4.69) is 10.3 Å². The van der Waals surface area contributed by atoms with E-state index in [1.807, 2.05) is 92.7 Å². The largest absolute Gasteiger partial charge is 0.489 e. The monoisotopic (exact) mass is 398 g/mol. The molecule has 2 N–H and O–H groups in total. The lowest BCUT2D eigenvalue weighted by atomic mass is 10.1. The van der Waals surface area contributed by atoms with E-state index < -0.39 is 0 Å². The summed E-state index contributed by atoms with van der Waals surface area (Å²) in [6.07, 6.45) is 0.325. The summed E-state index contributed by atoms with van der Waals surface area (Å²) in [5.74, 6) is 0.802. The lowest BCUT2D eigenvalue weighted by Gasteiger charge is -2.14. The van der Waals surface area contributed by atoms with Crippen molar-refractivity contribution in [2.24, 2.45) is 0 Å². The standard InChI is InChI=1S/C26H26N2O2/c1-18(21-11-7-4-8-12-21)28-26(29)16-23-19(2)27-25-14-13-22(15-24(23)25)30-17-20-9-5-3-6-10-20/h3-15,18,27H,16-17H2,1-2H3,(H,28,29)/t18-/m1/s1. The van der Waals surface area contributed by atoms with Gasteiger partial charge in [0.2, 0.25) is 5.91 Å². The van der Waals surface area contributed by atoms with E-state index in [4.69, 9.17) is 4.74 Å². The summed E-state index contributed by atoms with van der Waals surface area (Å²) in [6.45, 7) is 4.53. The molecule has 0 fully saturated rings. The molecule has 1 atom stereocenters. The number of rotatable bonds is 7. The van der Waals surface area contributed by atoms with Gasteiger partial charge in [-0.05, 0) is 48.7 Å². The number of hydrogen-bond donors (Lipinski definition) is 2. The topological polar surface area (TPSA) is 54.1 Å². The summed E-state index contributed by atoms with van der Waals surface area (Å²) in [5, 5.41) is 4.13. The minimum absolute atomic E-state index is 0.00552. The summed E-state index contributed by atoms with van der Waals surface area (Å²) in [7, 11) is 0. The SMILES string of the molecule is Cc1[nH]c2ccc(OCc3ccccc3)cc2c1CC(=O)N[C@H](C)c1ccccc1. The number of nitrogens with one attached hydrogen (secondary N) is 2. The third kappa shape index (κ3) is 4.54. The molecule has 0 aliphatic rings. The molecule has 0 saturated heterocycles. The second kappa shape index (κ2) is 8.87. The summed E-state index contributed by atoms with van der Waals surface area (Å²) in [6, 6.07) is 26.0. The first-order chi connectivity index (χ1) is 14.6. The average Bonchev–Trinajstić information content (AvgIpc) is 3.08. The van der Waals surface area contributed by atoms with Crippen LogP contribution in [-0.4, -0.2) is 10.9 Å². The normalized spacial score (nSPS) is 11.9. The van der Waals surface area contributed by atoms with Crippen LogP contribution >= 0.6 is 0 Å². The second-order valence-electron chi connectivity index (χ2n) is 7.59. The van der Waals surface area contributed by atoms with Crippen molar-refractivity contribution in [2.45, 2.75) is 32.9 Å². The molecule has 0 bridgehead atoms. The molecule has 0 aliphatic carbocycles. The molecule has 1 aromatic heterocycles. The average molecular weight is 399 g/mol. The molecule has 0 radical (unpaired) electrons. The maximum atomic E-state index is 12.7. The molecule has 152 valence electrons. The van der Waals surface area contributed by atoms with Gasteiger partial charge in [0.05, 0.1) is 12.5 Å². The number of fused-ring (bicyclic) bond motifs is 1. The van der Waals surface area contributed by atoms with E-state index in [-0.39, 0.29) is 11.9 Å². The third-order valence-electron chi connectivity index (χ3n) is 5.35. The Bertz CT molecular complexity index is 1130. The molecule has 3 aromatic carbocycles. The Kier molecular flexibility index (Phi) is 5.84. The van der Waals surface area contributed by atoms with Gasteiger partial charge in [0.1, 0.15) is 12.4 Å². The van der Waals surface area contributed by atoms with Gasteiger partial charge in [-0.25, -0.2) is 0 Å². The van der Waals surface area contributed by atoms with Crippen molar-refractivity contribution >= 4 is 16.8 Å². The van der Waals surface area contributed by atoms with Gasteiger partial charge in [-0.3, -0.25) is 4.79 Å². The van der Waals surface area contributed by atoms with Gasteiger partial charge in [0.15, 0.2) is 0 Å². The Labute approximate surface area is 176 Å². The molecule has 30 heavy (non-hydrogen) atoms. The predicted octanol–water partition coefficient (Wildman–Crippen LogP) is 5.48. The third-order valence-corrected chi connectivity index (χ3v) is 5.35. The highest BCUT2D eigenvalue weighted by Crippen LogP contribution is 2.27. The molecule has 4 rings (SSSR count). The number of amides is 1. The Balaban J connectivity index is 1.49. The maximum Gasteiger partial charge on any atom is 0.224 e. The van der Waals surface area contributed by atoms with Gasteiger partial charge >= 0.3 is 0 Å². The molecule has 1 amide bonds. The first-order valence-electron chi connectivity index (χ1n) is 10.2. The van der Waals surface area contributed by atoms with E-state index in [0.29, 0.717) is 13.0 Å². The molecule has 0 saturated carbocycles. The zero-order chi connectivity index (χ0) is 20.9. The highest BCUT2D eigenvalue weighted by atomic mass is 16.5. The molecule has 1 heterocycles. The summed E-state index contributed by atoms with van der Waals surface area (Å²) >= 11 is 0. The minimum atomic E-state index is -0.0334. The van der Waals surface area contributed by atoms with Crippen molar-refractivity contribution in [3.63, 3.8) is 0 Å². The first-order valence-corrected chi connectivity index (χ1v) is 10.2. The highest BCUT2D eigenvalue weighted by Gasteiger charge is 2.15. The zero-order valence-corrected chi connectivity index (χ0v) is 17.3. The smallest absolute Gasteiger partial charge is 0.224 e. The van der Waals surface area contributed by atoms with E-state index >= 15 is 0 Å². The molecule has 4 nitrogen and oxygen atoms in total. The Morgan fingerprint density at radius 2 is 1.70 bits per heavy atom. The van der Waals surface area contributed by atoms with E-state index in [1.54, 1.807) is 0 Å². The van der Waals surface area contributed by atoms with Crippen LogP contribution in [0.15, 0.2) is 78.9 Å². The van der Waals surface area contributed by atoms with Crippen LogP contribution in [0.25, 0.3) is 10.9 Å². The number of ether oxygens (including phenoxy) is 1. The van der Waals surface area contributed by atoms with Gasteiger partial charge in [-0.1, -0.05) is 60.7 Å². The van der Waals surface area contributed by atoms with Crippen LogP contribution in [0.1, 0.15) is 35.3 Å². The van der Waals surface area contributed by atoms with Crippen molar-refractivity contribution in [1.29, 1.82) is 0 Å². The quantitative estimate of drug-likeness (QED) is 0.433. The molecule has 4 heteroatoms. The van der Waals surface area contributed by atoms with E-state index in [0.717, 1.165) is 39.0 Å². The Morgan fingerprint density at radius 1 is 1.00 bits per heavy atom. The Morgan fingerprint density at radius 3 is 2.43 bits per heavy atom. The van der Waals surface area contributed by atoms with Crippen LogP contribution in [0, 0.1) is 6.92 Å². The lowest BCUT2D eigenvalue weighted by molar-refractivity contribution is -0.121. The van der Waals surface area contributed by atoms with Gasteiger partial charge in [0, 0.05) is 16.6 Å². The van der Waals surface area contributed by atoms with Crippen molar-refractivity contribution in [2.75, 3.05) is 0 Å². The van der Waals surface area contributed by atoms with E-state index in [9.17, 15) is 4.79 Å². The summed E-state index contributed by atoms with van der Waals surface area (Å²) in [5.41, 5.74) is 5.24. The number of aryl methyl sites for hydroxylation is 1. The summed E-state index contributed by atoms with van der Waals surface area (Å²) < 4.78 is 5.98. The van der Waals surface area contributed by atoms with Crippen LogP contribution < -0.4 is 10.1 Å². The van der Waals surface area contributed by atoms with Gasteiger partial charge in [0.25, 0.3) is 0 Å². The fourth-order valence-electron chi connectivity index (χ4n) is 3.70. The van der Waals surface area contributed by atoms with Gasteiger partial charge in [-0.15, -0.1) is 0 Å². The molecular weight excluding hydrogens is 372 g/mol. The van der Waals surface area contributed by atoms with Crippen LogP contribution in [0.4, 0.5) is 0 Å². The number of aromatic nitrogens is 1. The number of H-pyrrole nitrogens is 1. The maximum absolute atomic E-state index is 12.7. The van der Waals surface area contributed by atoms with Crippen LogP contribution in [0.2, 0.25) is 0 Å². The van der Waals surface area contributed by atoms with Gasteiger partial charge in [-0.2, -0.15) is 0 Å². The zero-order valence-electron chi connectivity index (χ0n) is 17.3. The van der Waals surface area contributed by atoms with Crippen molar-refractivity contribution in [1.82, 2.24) is 10.3 Å². The Hall–Kier alpha value is -3.53. The molecule has 0 unspecified atom stereocenters. The first kappa shape index (κ1) is 19.8. The van der Waals surface area contributed by atoms with Crippen LogP contribution in [0.3, 0.4) is 0 Å². The second-order valence-corrected chi connectivity index (χ2v) is 7.59. The molecule has 4 aromatic rings. The van der Waals surface area contributed by atoms with Crippen molar-refractivity contribution in [3.05, 3.63) is 101 Å². The van der Waals surface area contributed by atoms with Crippen LogP contribution in [0.5, 0.6) is 5.75 Å². The van der Waals surface area contributed by atoms with Crippen molar-refractivity contribution in [3.8, 4) is 5.75 Å². The number of benzene rings is 3. The molecule has 0 spiro atoms. The fraction of sp³-hybridized carbons (Fsp3) is 0.192. The van der Waals surface area contributed by atoms with Gasteiger partial charge < -0.3 is 15.0 Å². The minimum Gasteiger partial charge on any atom is -0.489 e. The summed E-state index contributed by atoms with van der Waals surface area (Å²) in [4.78, 5) is 16.1.